The van der Waals surface area contributed by atoms with Gasteiger partial charge in [0.1, 0.15) is 0 Å². The molecule has 0 heterocycles. The molecule has 0 aromatic heterocycles. The van der Waals surface area contributed by atoms with Crippen molar-refractivity contribution in [2.24, 2.45) is 0 Å². The summed E-state index contributed by atoms with van der Waals surface area (Å²) in [7, 11) is 0. The Balaban J connectivity index is 2.66. The average Bonchev–Trinajstić information content (AvgIpc) is 2.50. The fraction of sp³-hybridized carbons (Fsp3) is 0.188. The largest absolute Gasteiger partial charge is 0.292 e. The van der Waals surface area contributed by atoms with Crippen molar-refractivity contribution >= 4 is 22.1 Å². The summed E-state index contributed by atoms with van der Waals surface area (Å²) in [5.41, 5.74) is 1.34. The van der Waals surface area contributed by atoms with E-state index in [0.717, 1.165) is 11.1 Å². The van der Waals surface area contributed by atoms with E-state index >= 15 is 0 Å². The number of benzene rings is 2. The highest BCUT2D eigenvalue weighted by Gasteiger charge is 2.39. The minimum atomic E-state index is -0.661. The number of carbonyl (C=O) groups excluding carboxylic acids is 1. The van der Waals surface area contributed by atoms with Gasteiger partial charge in [-0.25, -0.2) is 0 Å². The van der Waals surface area contributed by atoms with Crippen molar-refractivity contribution < 1.29 is 4.79 Å². The lowest BCUT2D eigenvalue weighted by atomic mass is 9.72. The van der Waals surface area contributed by atoms with Gasteiger partial charge in [0, 0.05) is 16.1 Å². The third-order valence-corrected chi connectivity index (χ3v) is 3.90. The molecule has 0 atom stereocenters. The molecule has 2 rings (SSSR count). The van der Waals surface area contributed by atoms with Crippen molar-refractivity contribution in [2.75, 3.05) is 0 Å². The number of amides is 1. The molecule has 1 N–H and O–H groups in total. The van der Waals surface area contributed by atoms with Gasteiger partial charge in [0.05, 0.1) is 5.41 Å². The van der Waals surface area contributed by atoms with Crippen molar-refractivity contribution in [1.82, 2.24) is 4.34 Å². The van der Waals surface area contributed by atoms with Gasteiger partial charge in [0.15, 0.2) is 0 Å². The lowest BCUT2D eigenvalue weighted by Gasteiger charge is -2.31. The highest BCUT2D eigenvalue weighted by molar-refractivity contribution is 9.08. The van der Waals surface area contributed by atoms with Gasteiger partial charge in [-0.3, -0.25) is 9.14 Å². The molecule has 0 aliphatic carbocycles. The normalized spacial score (nSPS) is 11.1. The predicted octanol–water partition coefficient (Wildman–Crippen LogP) is 3.81. The van der Waals surface area contributed by atoms with Gasteiger partial charge in [0.25, 0.3) is 0 Å². The van der Waals surface area contributed by atoms with Gasteiger partial charge < -0.3 is 0 Å². The van der Waals surface area contributed by atoms with E-state index in [1.165, 1.54) is 0 Å². The van der Waals surface area contributed by atoms with Crippen molar-refractivity contribution in [3.05, 3.63) is 71.8 Å². The lowest BCUT2D eigenvalue weighted by molar-refractivity contribution is -0.123. The summed E-state index contributed by atoms with van der Waals surface area (Å²) in [5.74, 6) is -0.0487. The Hall–Kier alpha value is -1.61. The molecular formula is C16H16BrNO. The first kappa shape index (κ1) is 13.8. The molecule has 0 saturated heterocycles. The average molecular weight is 318 g/mol. The molecule has 2 nitrogen and oxygen atoms in total. The summed E-state index contributed by atoms with van der Waals surface area (Å²) in [6.45, 7) is 2.03. The van der Waals surface area contributed by atoms with Crippen LogP contribution in [0.2, 0.25) is 0 Å². The summed E-state index contributed by atoms with van der Waals surface area (Å²) in [6, 6.07) is 19.8. The van der Waals surface area contributed by atoms with Crippen LogP contribution in [0.3, 0.4) is 0 Å². The quantitative estimate of drug-likeness (QED) is 0.854. The monoisotopic (exact) mass is 317 g/mol. The molecule has 0 radical (unpaired) electrons. The van der Waals surface area contributed by atoms with E-state index in [1.807, 2.05) is 67.6 Å². The Morgan fingerprint density at radius 3 is 1.74 bits per heavy atom. The first-order chi connectivity index (χ1) is 9.25. The minimum absolute atomic E-state index is 0.0487. The summed E-state index contributed by atoms with van der Waals surface area (Å²) >= 11 is 3.09. The van der Waals surface area contributed by atoms with Crippen LogP contribution in [-0.4, -0.2) is 5.91 Å². The third-order valence-electron chi connectivity index (χ3n) is 3.54. The van der Waals surface area contributed by atoms with Gasteiger partial charge in [-0.2, -0.15) is 0 Å². The molecular weight excluding hydrogens is 302 g/mol. The molecule has 0 aliphatic heterocycles. The van der Waals surface area contributed by atoms with Crippen molar-refractivity contribution in [1.29, 1.82) is 0 Å². The number of halogens is 1. The zero-order valence-corrected chi connectivity index (χ0v) is 12.4. The maximum atomic E-state index is 12.5. The first-order valence-corrected chi connectivity index (χ1v) is 7.07. The second kappa shape index (κ2) is 6.02. The van der Waals surface area contributed by atoms with E-state index in [9.17, 15) is 4.79 Å². The SMILES string of the molecule is CCC(C(=O)NBr)(c1ccccc1)c1ccccc1. The first-order valence-electron chi connectivity index (χ1n) is 6.28. The lowest BCUT2D eigenvalue weighted by Crippen LogP contribution is -2.41. The Morgan fingerprint density at radius 2 is 1.42 bits per heavy atom. The molecule has 0 unspecified atom stereocenters. The summed E-state index contributed by atoms with van der Waals surface area (Å²) in [6.07, 6.45) is 0.693. The fourth-order valence-electron chi connectivity index (χ4n) is 2.52. The van der Waals surface area contributed by atoms with Gasteiger partial charge in [0.2, 0.25) is 5.91 Å². The van der Waals surface area contributed by atoms with E-state index in [4.69, 9.17) is 0 Å². The second-order valence-corrected chi connectivity index (χ2v) is 4.81. The molecule has 0 fully saturated rings. The van der Waals surface area contributed by atoms with Crippen LogP contribution in [0.4, 0.5) is 0 Å². The Morgan fingerprint density at radius 1 is 1.00 bits per heavy atom. The molecule has 19 heavy (non-hydrogen) atoms. The Labute approximate surface area is 122 Å². The molecule has 2 aromatic carbocycles. The van der Waals surface area contributed by atoms with Crippen LogP contribution in [0, 0.1) is 0 Å². The Kier molecular flexibility index (Phi) is 4.38. The maximum Gasteiger partial charge on any atom is 0.244 e. The number of hydrogen-bond acceptors (Lipinski definition) is 1. The highest BCUT2D eigenvalue weighted by Crippen LogP contribution is 2.36. The fourth-order valence-corrected chi connectivity index (χ4v) is 2.86. The van der Waals surface area contributed by atoms with E-state index < -0.39 is 5.41 Å². The number of hydrogen-bond donors (Lipinski definition) is 1. The summed E-state index contributed by atoms with van der Waals surface area (Å²) < 4.78 is 2.63. The van der Waals surface area contributed by atoms with Crippen LogP contribution in [-0.2, 0) is 10.2 Å². The molecule has 1 amide bonds. The van der Waals surface area contributed by atoms with Gasteiger partial charge >= 0.3 is 0 Å². The topological polar surface area (TPSA) is 29.1 Å². The molecule has 0 aliphatic rings. The number of carbonyl (C=O) groups is 1. The predicted molar refractivity (Wildman–Crippen MR) is 81.0 cm³/mol. The second-order valence-electron chi connectivity index (χ2n) is 4.41. The smallest absolute Gasteiger partial charge is 0.244 e. The Bertz CT molecular complexity index is 500. The van der Waals surface area contributed by atoms with Crippen molar-refractivity contribution in [3.63, 3.8) is 0 Å². The van der Waals surface area contributed by atoms with E-state index in [0.29, 0.717) is 6.42 Å². The van der Waals surface area contributed by atoms with Gasteiger partial charge in [-0.05, 0) is 17.5 Å². The van der Waals surface area contributed by atoms with Crippen LogP contribution < -0.4 is 4.34 Å². The molecule has 3 heteroatoms. The molecule has 2 aromatic rings. The van der Waals surface area contributed by atoms with Gasteiger partial charge in [-0.1, -0.05) is 67.6 Å². The van der Waals surface area contributed by atoms with Crippen LogP contribution in [0.25, 0.3) is 0 Å². The third kappa shape index (κ3) is 2.43. The maximum absolute atomic E-state index is 12.5. The van der Waals surface area contributed by atoms with Gasteiger partial charge in [-0.15, -0.1) is 0 Å². The molecule has 0 bridgehead atoms. The molecule has 0 saturated carbocycles. The highest BCUT2D eigenvalue weighted by atomic mass is 79.9. The van der Waals surface area contributed by atoms with Crippen LogP contribution in [0.15, 0.2) is 60.7 Å². The minimum Gasteiger partial charge on any atom is -0.292 e. The van der Waals surface area contributed by atoms with E-state index in [2.05, 4.69) is 20.5 Å². The molecule has 0 spiro atoms. The summed E-state index contributed by atoms with van der Waals surface area (Å²) in [4.78, 5) is 12.5. The van der Waals surface area contributed by atoms with Crippen LogP contribution in [0.1, 0.15) is 24.5 Å². The van der Waals surface area contributed by atoms with E-state index in [1.54, 1.807) is 0 Å². The summed E-state index contributed by atoms with van der Waals surface area (Å²) in [5, 5.41) is 0. The zero-order valence-electron chi connectivity index (χ0n) is 10.8. The zero-order chi connectivity index (χ0) is 13.7. The van der Waals surface area contributed by atoms with Crippen molar-refractivity contribution in [2.45, 2.75) is 18.8 Å². The number of rotatable bonds is 4. The van der Waals surface area contributed by atoms with E-state index in [-0.39, 0.29) is 5.91 Å². The number of nitrogens with one attached hydrogen (secondary N) is 1. The van der Waals surface area contributed by atoms with Crippen LogP contribution >= 0.6 is 16.1 Å². The standard InChI is InChI=1S/C16H16BrNO/c1-2-16(15(19)18-17,13-9-5-3-6-10-13)14-11-7-4-8-12-14/h3-12H,2H2,1H3,(H,18,19). The van der Waals surface area contributed by atoms with Crippen LogP contribution in [0.5, 0.6) is 0 Å². The van der Waals surface area contributed by atoms with Crippen molar-refractivity contribution in [3.8, 4) is 0 Å². The molecule has 98 valence electrons.